The summed E-state index contributed by atoms with van der Waals surface area (Å²) in [5, 5.41) is 4.30. The van der Waals surface area contributed by atoms with Gasteiger partial charge in [-0.05, 0) is 18.9 Å². The lowest BCUT2D eigenvalue weighted by Gasteiger charge is -2.29. The van der Waals surface area contributed by atoms with Crippen LogP contribution in [0.1, 0.15) is 24.6 Å². The van der Waals surface area contributed by atoms with Crippen molar-refractivity contribution in [2.75, 3.05) is 13.2 Å². The summed E-state index contributed by atoms with van der Waals surface area (Å²) in [6.07, 6.45) is 4.01. The second-order valence-corrected chi connectivity index (χ2v) is 4.01. The Kier molecular flexibility index (Phi) is 1.35. The lowest BCUT2D eigenvalue weighted by molar-refractivity contribution is -0.0304. The monoisotopic (exact) mass is 179 g/mol. The third-order valence-electron chi connectivity index (χ3n) is 2.94. The third-order valence-corrected chi connectivity index (χ3v) is 2.94. The van der Waals surface area contributed by atoms with Crippen LogP contribution in [0.3, 0.4) is 0 Å². The fourth-order valence-electron chi connectivity index (χ4n) is 1.75. The van der Waals surface area contributed by atoms with Gasteiger partial charge in [-0.2, -0.15) is 5.10 Å². The Morgan fingerprint density at radius 1 is 1.54 bits per heavy atom. The van der Waals surface area contributed by atoms with E-state index in [0.29, 0.717) is 6.04 Å². The Morgan fingerprint density at radius 2 is 2.31 bits per heavy atom. The molecular formula is C9H13N3O. The van der Waals surface area contributed by atoms with Gasteiger partial charge in [0.05, 0.1) is 30.5 Å². The SMILES string of the molecule is NC1(c2ccnn2C2COC2)CC1. The van der Waals surface area contributed by atoms with Gasteiger partial charge in [-0.15, -0.1) is 0 Å². The van der Waals surface area contributed by atoms with Crippen LogP contribution >= 0.6 is 0 Å². The van der Waals surface area contributed by atoms with Gasteiger partial charge in [-0.25, -0.2) is 0 Å². The summed E-state index contributed by atoms with van der Waals surface area (Å²) in [6.45, 7) is 1.56. The van der Waals surface area contributed by atoms with Crippen LogP contribution in [0.5, 0.6) is 0 Å². The van der Waals surface area contributed by atoms with E-state index in [1.54, 1.807) is 0 Å². The molecule has 0 radical (unpaired) electrons. The molecule has 4 nitrogen and oxygen atoms in total. The van der Waals surface area contributed by atoms with E-state index in [2.05, 4.69) is 5.10 Å². The van der Waals surface area contributed by atoms with Crippen LogP contribution in [-0.2, 0) is 10.3 Å². The van der Waals surface area contributed by atoms with Gasteiger partial charge in [0, 0.05) is 6.20 Å². The van der Waals surface area contributed by atoms with E-state index < -0.39 is 0 Å². The van der Waals surface area contributed by atoms with E-state index in [1.807, 2.05) is 16.9 Å². The number of rotatable bonds is 2. The maximum absolute atomic E-state index is 6.13. The molecule has 1 aromatic heterocycles. The Bertz CT molecular complexity index is 325. The molecule has 1 aliphatic carbocycles. The van der Waals surface area contributed by atoms with Gasteiger partial charge in [0.15, 0.2) is 0 Å². The first-order chi connectivity index (χ1) is 6.30. The zero-order valence-corrected chi connectivity index (χ0v) is 7.44. The van der Waals surface area contributed by atoms with Crippen LogP contribution in [0.4, 0.5) is 0 Å². The molecule has 3 rings (SSSR count). The number of hydrogen-bond donors (Lipinski definition) is 1. The number of nitrogens with two attached hydrogens (primary N) is 1. The van der Waals surface area contributed by atoms with Crippen LogP contribution in [0, 0.1) is 0 Å². The molecule has 0 unspecified atom stereocenters. The number of hydrogen-bond acceptors (Lipinski definition) is 3. The first kappa shape index (κ1) is 7.53. The van der Waals surface area contributed by atoms with Crippen LogP contribution < -0.4 is 5.73 Å². The van der Waals surface area contributed by atoms with Crippen LogP contribution in [0.25, 0.3) is 0 Å². The molecule has 0 aromatic carbocycles. The van der Waals surface area contributed by atoms with Crippen molar-refractivity contribution in [1.82, 2.24) is 9.78 Å². The number of ether oxygens (including phenoxy) is 1. The zero-order valence-electron chi connectivity index (χ0n) is 7.44. The molecule has 1 aromatic rings. The van der Waals surface area contributed by atoms with Crippen LogP contribution in [0.15, 0.2) is 12.3 Å². The van der Waals surface area contributed by atoms with Crippen molar-refractivity contribution >= 4 is 0 Å². The second kappa shape index (κ2) is 2.33. The molecule has 1 saturated heterocycles. The lowest BCUT2D eigenvalue weighted by atomic mass is 10.1. The molecule has 0 atom stereocenters. The van der Waals surface area contributed by atoms with Crippen molar-refractivity contribution < 1.29 is 4.74 Å². The average Bonchev–Trinajstić information content (AvgIpc) is 2.60. The molecule has 2 fully saturated rings. The summed E-state index contributed by atoms with van der Waals surface area (Å²) in [6, 6.07) is 2.46. The molecule has 1 aliphatic heterocycles. The van der Waals surface area contributed by atoms with E-state index in [4.69, 9.17) is 10.5 Å². The minimum atomic E-state index is -0.0773. The molecule has 2 aliphatic rings. The topological polar surface area (TPSA) is 53.1 Å². The smallest absolute Gasteiger partial charge is 0.0989 e. The first-order valence-electron chi connectivity index (χ1n) is 4.70. The van der Waals surface area contributed by atoms with Crippen LogP contribution in [0.2, 0.25) is 0 Å². The Balaban J connectivity index is 1.95. The molecule has 0 amide bonds. The highest BCUT2D eigenvalue weighted by molar-refractivity contribution is 5.22. The largest absolute Gasteiger partial charge is 0.377 e. The zero-order chi connectivity index (χ0) is 8.89. The fourth-order valence-corrected chi connectivity index (χ4v) is 1.75. The van der Waals surface area contributed by atoms with Gasteiger partial charge in [-0.3, -0.25) is 4.68 Å². The first-order valence-corrected chi connectivity index (χ1v) is 4.70. The molecule has 0 spiro atoms. The minimum absolute atomic E-state index is 0.0773. The van der Waals surface area contributed by atoms with Crippen molar-refractivity contribution in [2.45, 2.75) is 24.4 Å². The maximum atomic E-state index is 6.13. The predicted molar refractivity (Wildman–Crippen MR) is 47.2 cm³/mol. The van der Waals surface area contributed by atoms with E-state index in [1.165, 1.54) is 5.69 Å². The molecule has 70 valence electrons. The van der Waals surface area contributed by atoms with E-state index in [0.717, 1.165) is 26.1 Å². The van der Waals surface area contributed by atoms with Crippen molar-refractivity contribution in [3.63, 3.8) is 0 Å². The highest BCUT2D eigenvalue weighted by Gasteiger charge is 2.44. The lowest BCUT2D eigenvalue weighted by Crippen LogP contribution is -2.35. The van der Waals surface area contributed by atoms with Crippen molar-refractivity contribution in [3.8, 4) is 0 Å². The quantitative estimate of drug-likeness (QED) is 0.715. The van der Waals surface area contributed by atoms with Crippen molar-refractivity contribution in [1.29, 1.82) is 0 Å². The highest BCUT2D eigenvalue weighted by atomic mass is 16.5. The summed E-state index contributed by atoms with van der Waals surface area (Å²) in [4.78, 5) is 0. The second-order valence-electron chi connectivity index (χ2n) is 4.01. The van der Waals surface area contributed by atoms with Gasteiger partial charge in [0.1, 0.15) is 0 Å². The Labute approximate surface area is 76.7 Å². The Morgan fingerprint density at radius 3 is 2.85 bits per heavy atom. The summed E-state index contributed by atoms with van der Waals surface area (Å²) < 4.78 is 7.18. The highest BCUT2D eigenvalue weighted by Crippen LogP contribution is 2.43. The molecular weight excluding hydrogens is 166 g/mol. The van der Waals surface area contributed by atoms with Gasteiger partial charge < -0.3 is 10.5 Å². The summed E-state index contributed by atoms with van der Waals surface area (Å²) in [5.74, 6) is 0. The van der Waals surface area contributed by atoms with Gasteiger partial charge in [0.2, 0.25) is 0 Å². The molecule has 2 heterocycles. The maximum Gasteiger partial charge on any atom is 0.0989 e. The summed E-state index contributed by atoms with van der Waals surface area (Å²) >= 11 is 0. The summed E-state index contributed by atoms with van der Waals surface area (Å²) in [5.41, 5.74) is 7.23. The Hall–Kier alpha value is -0.870. The summed E-state index contributed by atoms with van der Waals surface area (Å²) in [7, 11) is 0. The van der Waals surface area contributed by atoms with E-state index >= 15 is 0 Å². The van der Waals surface area contributed by atoms with Gasteiger partial charge in [0.25, 0.3) is 0 Å². The molecule has 1 saturated carbocycles. The van der Waals surface area contributed by atoms with E-state index in [9.17, 15) is 0 Å². The number of aromatic nitrogens is 2. The van der Waals surface area contributed by atoms with Crippen LogP contribution in [-0.4, -0.2) is 23.0 Å². The normalized spacial score (nSPS) is 25.6. The number of nitrogens with zero attached hydrogens (tertiary/aromatic N) is 2. The predicted octanol–water partition coefficient (Wildman–Crippen LogP) is 0.402. The molecule has 4 heteroatoms. The van der Waals surface area contributed by atoms with Gasteiger partial charge >= 0.3 is 0 Å². The minimum Gasteiger partial charge on any atom is -0.377 e. The standard InChI is InChI=1S/C9H13N3O/c10-9(2-3-9)8-1-4-11-12(8)7-5-13-6-7/h1,4,7H,2-3,5-6,10H2. The van der Waals surface area contributed by atoms with Crippen molar-refractivity contribution in [2.24, 2.45) is 5.73 Å². The molecule has 2 N–H and O–H groups in total. The average molecular weight is 179 g/mol. The fraction of sp³-hybridized carbons (Fsp3) is 0.667. The van der Waals surface area contributed by atoms with E-state index in [-0.39, 0.29) is 5.54 Å². The van der Waals surface area contributed by atoms with Gasteiger partial charge in [-0.1, -0.05) is 0 Å². The molecule has 13 heavy (non-hydrogen) atoms. The molecule has 0 bridgehead atoms. The third kappa shape index (κ3) is 1.02. The van der Waals surface area contributed by atoms with Crippen molar-refractivity contribution in [3.05, 3.63) is 18.0 Å².